The number of hydrogen-bond acceptors (Lipinski definition) is 6. The fourth-order valence-electron chi connectivity index (χ4n) is 2.77. The van der Waals surface area contributed by atoms with Crippen LogP contribution in [0.1, 0.15) is 15.9 Å². The summed E-state index contributed by atoms with van der Waals surface area (Å²) in [6.45, 7) is -0.416. The number of rotatable bonds is 9. The lowest BCUT2D eigenvalue weighted by Gasteiger charge is -2.14. The van der Waals surface area contributed by atoms with Crippen LogP contribution in [0.2, 0.25) is 0 Å². The Labute approximate surface area is 171 Å². The van der Waals surface area contributed by atoms with Crippen molar-refractivity contribution in [3.8, 4) is 11.3 Å². The lowest BCUT2D eigenvalue weighted by molar-refractivity contribution is 0.0802. The summed E-state index contributed by atoms with van der Waals surface area (Å²) in [6.07, 6.45) is 2.18. The van der Waals surface area contributed by atoms with Crippen molar-refractivity contribution in [1.82, 2.24) is 20.5 Å². The predicted molar refractivity (Wildman–Crippen MR) is 106 cm³/mol. The number of nitrogens with one attached hydrogen (secondary N) is 3. The SMILES string of the molecule is O=C(NCC(O)CO)c1cc(F)c(-c2cn[nH]c2)nc1NCCc1cccc(F)c1. The number of aliphatic hydroxyl groups excluding tert-OH is 2. The lowest BCUT2D eigenvalue weighted by atomic mass is 10.1. The minimum atomic E-state index is -1.14. The van der Waals surface area contributed by atoms with Gasteiger partial charge in [0.15, 0.2) is 5.82 Å². The maximum Gasteiger partial charge on any atom is 0.255 e. The summed E-state index contributed by atoms with van der Waals surface area (Å²) in [5.41, 5.74) is 1.09. The molecular formula is C20H21F2N5O3. The Bertz CT molecular complexity index is 998. The second-order valence-corrected chi connectivity index (χ2v) is 6.56. The molecule has 8 nitrogen and oxygen atoms in total. The first-order valence-electron chi connectivity index (χ1n) is 9.23. The monoisotopic (exact) mass is 417 g/mol. The molecule has 1 aromatic carbocycles. The van der Waals surface area contributed by atoms with Gasteiger partial charge in [-0.2, -0.15) is 5.10 Å². The maximum absolute atomic E-state index is 14.6. The van der Waals surface area contributed by atoms with Crippen LogP contribution in [0.25, 0.3) is 11.3 Å². The molecule has 2 aromatic heterocycles. The molecule has 3 rings (SSSR count). The van der Waals surface area contributed by atoms with Gasteiger partial charge in [-0.05, 0) is 30.2 Å². The Morgan fingerprint density at radius 3 is 2.80 bits per heavy atom. The first-order valence-corrected chi connectivity index (χ1v) is 9.23. The summed E-state index contributed by atoms with van der Waals surface area (Å²) >= 11 is 0. The quantitative estimate of drug-likeness (QED) is 0.360. The topological polar surface area (TPSA) is 123 Å². The smallest absolute Gasteiger partial charge is 0.255 e. The number of benzene rings is 1. The molecule has 0 saturated carbocycles. The number of carbonyl (C=O) groups is 1. The Kier molecular flexibility index (Phi) is 7.04. The number of H-pyrrole nitrogens is 1. The van der Waals surface area contributed by atoms with Crippen molar-refractivity contribution in [3.63, 3.8) is 0 Å². The second kappa shape index (κ2) is 9.90. The highest BCUT2D eigenvalue weighted by Gasteiger charge is 2.19. The van der Waals surface area contributed by atoms with Crippen LogP contribution in [-0.4, -0.2) is 57.1 Å². The molecule has 3 aromatic rings. The van der Waals surface area contributed by atoms with E-state index in [0.29, 0.717) is 18.5 Å². The zero-order chi connectivity index (χ0) is 21.5. The average Bonchev–Trinajstić information content (AvgIpc) is 3.27. The molecule has 158 valence electrons. The van der Waals surface area contributed by atoms with Gasteiger partial charge in [0, 0.05) is 24.8 Å². The highest BCUT2D eigenvalue weighted by atomic mass is 19.1. The van der Waals surface area contributed by atoms with Crippen molar-refractivity contribution in [3.05, 3.63) is 65.5 Å². The van der Waals surface area contributed by atoms with Gasteiger partial charge in [-0.1, -0.05) is 12.1 Å². The number of hydrogen-bond donors (Lipinski definition) is 5. The summed E-state index contributed by atoms with van der Waals surface area (Å²) in [7, 11) is 0. The second-order valence-electron chi connectivity index (χ2n) is 6.56. The van der Waals surface area contributed by atoms with E-state index >= 15 is 0 Å². The normalized spacial score (nSPS) is 11.9. The molecule has 0 radical (unpaired) electrons. The third kappa shape index (κ3) is 5.37. The van der Waals surface area contributed by atoms with Crippen LogP contribution < -0.4 is 10.6 Å². The van der Waals surface area contributed by atoms with Crippen molar-refractivity contribution in [2.45, 2.75) is 12.5 Å². The summed E-state index contributed by atoms with van der Waals surface area (Å²) in [4.78, 5) is 16.7. The van der Waals surface area contributed by atoms with Gasteiger partial charge in [0.1, 0.15) is 17.3 Å². The molecule has 10 heteroatoms. The van der Waals surface area contributed by atoms with E-state index in [1.165, 1.54) is 24.5 Å². The van der Waals surface area contributed by atoms with E-state index in [4.69, 9.17) is 5.11 Å². The highest BCUT2D eigenvalue weighted by Crippen LogP contribution is 2.25. The third-order valence-corrected chi connectivity index (χ3v) is 4.30. The summed E-state index contributed by atoms with van der Waals surface area (Å²) < 4.78 is 28.0. The number of amides is 1. The van der Waals surface area contributed by atoms with Crippen LogP contribution in [0.4, 0.5) is 14.6 Å². The molecular weight excluding hydrogens is 396 g/mol. The van der Waals surface area contributed by atoms with Gasteiger partial charge in [-0.3, -0.25) is 9.89 Å². The van der Waals surface area contributed by atoms with Crippen molar-refractivity contribution in [2.75, 3.05) is 25.0 Å². The molecule has 0 fully saturated rings. The van der Waals surface area contributed by atoms with Crippen LogP contribution in [-0.2, 0) is 6.42 Å². The Balaban J connectivity index is 1.83. The van der Waals surface area contributed by atoms with E-state index in [1.807, 2.05) is 0 Å². The standard InChI is InChI=1S/C20H21F2N5O3/c21-14-3-1-2-12(6-14)4-5-23-19-16(20(30)24-10-15(29)11-28)7-17(22)18(27-19)13-8-25-26-9-13/h1-3,6-9,15,28-29H,4-5,10-11H2,(H,23,27)(H,24,30)(H,25,26). The zero-order valence-electron chi connectivity index (χ0n) is 15.9. The van der Waals surface area contributed by atoms with Crippen LogP contribution in [0.3, 0.4) is 0 Å². The summed E-state index contributed by atoms with van der Waals surface area (Å²) in [5.74, 6) is -1.61. The van der Waals surface area contributed by atoms with Crippen molar-refractivity contribution < 1.29 is 23.8 Å². The molecule has 0 saturated heterocycles. The van der Waals surface area contributed by atoms with Gasteiger partial charge in [-0.25, -0.2) is 13.8 Å². The number of carbonyl (C=O) groups excluding carboxylic acids is 1. The first-order chi connectivity index (χ1) is 14.5. The first kappa shape index (κ1) is 21.3. The number of aromatic nitrogens is 3. The number of halogens is 2. The molecule has 0 aliphatic carbocycles. The molecule has 2 heterocycles. The fraction of sp³-hybridized carbons (Fsp3) is 0.250. The van der Waals surface area contributed by atoms with Gasteiger partial charge in [0.2, 0.25) is 0 Å². The number of nitrogens with zero attached hydrogens (tertiary/aromatic N) is 2. The van der Waals surface area contributed by atoms with E-state index in [1.54, 1.807) is 12.1 Å². The minimum absolute atomic E-state index is 0.00366. The minimum Gasteiger partial charge on any atom is -0.394 e. The largest absolute Gasteiger partial charge is 0.394 e. The number of aromatic amines is 1. The average molecular weight is 417 g/mol. The van der Waals surface area contributed by atoms with E-state index in [-0.39, 0.29) is 29.4 Å². The number of pyridine rings is 1. The molecule has 1 unspecified atom stereocenters. The number of aliphatic hydroxyl groups is 2. The molecule has 1 atom stereocenters. The number of anilines is 1. The Morgan fingerprint density at radius 1 is 1.27 bits per heavy atom. The van der Waals surface area contributed by atoms with E-state index in [0.717, 1.165) is 11.6 Å². The van der Waals surface area contributed by atoms with E-state index < -0.39 is 24.4 Å². The molecule has 1 amide bonds. The molecule has 0 bridgehead atoms. The van der Waals surface area contributed by atoms with Crippen molar-refractivity contribution in [2.24, 2.45) is 0 Å². The van der Waals surface area contributed by atoms with E-state index in [2.05, 4.69) is 25.8 Å². The molecule has 5 N–H and O–H groups in total. The summed E-state index contributed by atoms with van der Waals surface area (Å²) in [6, 6.07) is 7.16. The van der Waals surface area contributed by atoms with Gasteiger partial charge in [0.25, 0.3) is 5.91 Å². The van der Waals surface area contributed by atoms with Crippen LogP contribution in [0.15, 0.2) is 42.7 Å². The van der Waals surface area contributed by atoms with Crippen LogP contribution in [0, 0.1) is 11.6 Å². The molecule has 0 aliphatic rings. The van der Waals surface area contributed by atoms with Gasteiger partial charge >= 0.3 is 0 Å². The Hall–Kier alpha value is -3.37. The van der Waals surface area contributed by atoms with Crippen molar-refractivity contribution in [1.29, 1.82) is 0 Å². The lowest BCUT2D eigenvalue weighted by Crippen LogP contribution is -2.34. The third-order valence-electron chi connectivity index (χ3n) is 4.30. The molecule has 30 heavy (non-hydrogen) atoms. The maximum atomic E-state index is 14.6. The van der Waals surface area contributed by atoms with E-state index in [9.17, 15) is 18.7 Å². The summed E-state index contributed by atoms with van der Waals surface area (Å²) in [5, 5.41) is 30.1. The molecule has 0 spiro atoms. The zero-order valence-corrected chi connectivity index (χ0v) is 15.9. The predicted octanol–water partition coefficient (Wildman–Crippen LogP) is 1.49. The van der Waals surface area contributed by atoms with Crippen LogP contribution in [0.5, 0.6) is 0 Å². The van der Waals surface area contributed by atoms with Gasteiger partial charge < -0.3 is 20.8 Å². The van der Waals surface area contributed by atoms with Crippen molar-refractivity contribution >= 4 is 11.7 Å². The highest BCUT2D eigenvalue weighted by molar-refractivity contribution is 5.99. The van der Waals surface area contributed by atoms with Crippen LogP contribution >= 0.6 is 0 Å². The van der Waals surface area contributed by atoms with Gasteiger partial charge in [-0.15, -0.1) is 0 Å². The Morgan fingerprint density at radius 2 is 2.10 bits per heavy atom. The fourth-order valence-corrected chi connectivity index (χ4v) is 2.77. The molecule has 0 aliphatic heterocycles. The van der Waals surface area contributed by atoms with Gasteiger partial charge in [0.05, 0.1) is 24.5 Å².